The number of para-hydroxylation sites is 2. The lowest BCUT2D eigenvalue weighted by atomic mass is 10.0. The highest BCUT2D eigenvalue weighted by molar-refractivity contribution is 7.99. The number of hydrogen-bond acceptors (Lipinski definition) is 26. The van der Waals surface area contributed by atoms with Gasteiger partial charge in [0.15, 0.2) is 17.9 Å². The second-order valence-corrected chi connectivity index (χ2v) is 36.1. The molecule has 49 nitrogen and oxygen atoms in total. The van der Waals surface area contributed by atoms with Crippen LogP contribution in [0.2, 0.25) is 0 Å². The number of rotatable bonds is 67. The van der Waals surface area contributed by atoms with Gasteiger partial charge in [0, 0.05) is 92.2 Å². The first kappa shape index (κ1) is 117. The molecular weight excluding hydrogens is 1870 g/mol. The summed E-state index contributed by atoms with van der Waals surface area (Å²) in [5.74, 6) is -17.2. The van der Waals surface area contributed by atoms with Crippen molar-refractivity contribution in [2.45, 2.75) is 228 Å². The van der Waals surface area contributed by atoms with E-state index in [9.17, 15) is 62.6 Å². The number of aromatic amines is 2. The number of hydrogen-bond donors (Lipinski definition) is 32. The number of phenols is 1. The first-order valence-corrected chi connectivity index (χ1v) is 48.9. The molecule has 0 bridgehead atoms. The Kier molecular flexibility index (Phi) is 52.3. The number of phenolic OH excluding ortho intramolecular Hbond substituents is 1. The summed E-state index contributed by atoms with van der Waals surface area (Å²) in [5, 5.41) is 90.5. The number of guanidine groups is 3. The lowest BCUT2D eigenvalue weighted by Gasteiger charge is -2.29. The normalized spacial score (nSPS) is 13.9. The number of carbonyl (C=O) groups is 17. The van der Waals surface area contributed by atoms with Crippen molar-refractivity contribution in [3.05, 3.63) is 102 Å². The van der Waals surface area contributed by atoms with E-state index in [1.807, 2.05) is 0 Å². The summed E-state index contributed by atoms with van der Waals surface area (Å²) in [5.41, 5.74) is 42.8. The van der Waals surface area contributed by atoms with Crippen molar-refractivity contribution in [3.8, 4) is 5.75 Å². The van der Waals surface area contributed by atoms with Gasteiger partial charge in [-0.3, -0.25) is 97.7 Å². The molecule has 13 atom stereocenters. The van der Waals surface area contributed by atoms with Gasteiger partial charge in [-0.25, -0.2) is 0 Å². The van der Waals surface area contributed by atoms with E-state index in [-0.39, 0.29) is 151 Å². The third kappa shape index (κ3) is 44.3. The molecule has 776 valence electrons. The number of primary amides is 1. The van der Waals surface area contributed by atoms with Gasteiger partial charge in [-0.15, -0.1) is 11.8 Å². The summed E-state index contributed by atoms with van der Waals surface area (Å²) in [7, 11) is 0. The topological polar surface area (TPSA) is 832 Å². The SMILES string of the molecule is CSCC[C@H](NC(=O)[C@H](C)NC(=O)[C@H](Cc1c[nH]c2ccccc12)NC(=O)[C@H](CCC(N)=O)NC(=O)[C@H](Cc1c[nH]c2ccccc12)NC(=O)[C@H](CCCNC(=N)N)NC(=O)[C@H](CC(C)C)NC(=O)[C@H](CSCNC(C)=O)NC(=O)[C@H](CCCCN)NC(=O)[C@@H](N)CCCNC(=N)N)C(=O)N[C@@H](CCCNC(=N)N)C(=O)N[C@@H](CCCCN)C(=O)N[C@@H](Cc1ccc(O)cc1)C(=O)NCC(=O)NCC(=O)O. The number of aliphatic carboxylic acids is 1. The molecule has 0 saturated heterocycles. The summed E-state index contributed by atoms with van der Waals surface area (Å²) in [6, 6.07) is 0.189. The number of fused-ring (bicyclic) bond motifs is 2. The minimum Gasteiger partial charge on any atom is -0.508 e. The van der Waals surface area contributed by atoms with Crippen molar-refractivity contribution in [2.24, 2.45) is 46.1 Å². The van der Waals surface area contributed by atoms with Crippen molar-refractivity contribution in [2.75, 3.05) is 69.5 Å². The Morgan fingerprint density at radius 3 is 1.23 bits per heavy atom. The molecule has 141 heavy (non-hydrogen) atoms. The van der Waals surface area contributed by atoms with Gasteiger partial charge in [0.2, 0.25) is 94.5 Å². The fraction of sp³-hybridized carbons (Fsp3) is 0.533. The average Bonchev–Trinajstić information content (AvgIpc) is 1.62. The van der Waals surface area contributed by atoms with Crippen LogP contribution in [-0.4, -0.2) is 287 Å². The first-order valence-electron chi connectivity index (χ1n) is 46.4. The predicted molar refractivity (Wildman–Crippen MR) is 532 cm³/mol. The molecule has 0 aliphatic rings. The number of H-pyrrole nitrogens is 2. The van der Waals surface area contributed by atoms with E-state index in [1.54, 1.807) is 81.0 Å². The largest absolute Gasteiger partial charge is 0.508 e. The first-order chi connectivity index (χ1) is 67.1. The molecule has 2 aromatic heterocycles. The number of unbranched alkanes of at least 4 members (excludes halogenated alkanes) is 2. The smallest absolute Gasteiger partial charge is 0.322 e. The highest BCUT2D eigenvalue weighted by Crippen LogP contribution is 2.23. The quantitative estimate of drug-likeness (QED) is 0.00749. The number of aromatic hydroxyl groups is 1. The lowest BCUT2D eigenvalue weighted by Crippen LogP contribution is -2.61. The number of thioether (sulfide) groups is 2. The number of amides is 16. The molecule has 3 aromatic carbocycles. The number of nitrogens with two attached hydrogens (primary N) is 7. The van der Waals surface area contributed by atoms with Gasteiger partial charge in [-0.05, 0) is 175 Å². The van der Waals surface area contributed by atoms with Gasteiger partial charge in [-0.1, -0.05) is 62.4 Å². The monoisotopic (exact) mass is 2010 g/mol. The number of aromatic nitrogens is 2. The molecule has 5 aromatic rings. The molecule has 0 saturated carbocycles. The molecule has 0 fully saturated rings. The molecule has 0 unspecified atom stereocenters. The van der Waals surface area contributed by atoms with E-state index >= 15 is 24.0 Å². The zero-order chi connectivity index (χ0) is 104. The van der Waals surface area contributed by atoms with Crippen molar-refractivity contribution < 1.29 is 91.7 Å². The predicted octanol–water partition coefficient (Wildman–Crippen LogP) is -5.20. The molecule has 39 N–H and O–H groups in total. The number of nitrogens with one attached hydrogen (secondary N) is 23. The van der Waals surface area contributed by atoms with Crippen LogP contribution in [0.25, 0.3) is 21.8 Å². The van der Waals surface area contributed by atoms with Crippen LogP contribution in [0.4, 0.5) is 0 Å². The fourth-order valence-electron chi connectivity index (χ4n) is 14.5. The summed E-state index contributed by atoms with van der Waals surface area (Å²) >= 11 is 2.32. The number of carboxylic acids is 1. The van der Waals surface area contributed by atoms with Gasteiger partial charge < -0.3 is 156 Å². The van der Waals surface area contributed by atoms with Crippen LogP contribution in [0.1, 0.15) is 147 Å². The van der Waals surface area contributed by atoms with Crippen molar-refractivity contribution in [1.82, 2.24) is 106 Å². The van der Waals surface area contributed by atoms with Crippen LogP contribution in [0, 0.1) is 22.1 Å². The molecule has 5 rings (SSSR count). The summed E-state index contributed by atoms with van der Waals surface area (Å²) < 4.78 is 0. The Morgan fingerprint density at radius 1 is 0.404 bits per heavy atom. The van der Waals surface area contributed by atoms with E-state index in [1.165, 1.54) is 49.9 Å². The Balaban J connectivity index is 1.48. The van der Waals surface area contributed by atoms with E-state index in [0.717, 1.165) is 11.8 Å². The van der Waals surface area contributed by atoms with Gasteiger partial charge in [0.1, 0.15) is 84.8 Å². The molecule has 0 spiro atoms. The van der Waals surface area contributed by atoms with Crippen molar-refractivity contribution >= 4 is 164 Å². The van der Waals surface area contributed by atoms with E-state index in [0.29, 0.717) is 64.2 Å². The lowest BCUT2D eigenvalue weighted by molar-refractivity contribution is -0.138. The van der Waals surface area contributed by atoms with Gasteiger partial charge >= 0.3 is 5.97 Å². The Labute approximate surface area is 824 Å². The molecule has 2 heterocycles. The maximum Gasteiger partial charge on any atom is 0.322 e. The van der Waals surface area contributed by atoms with Crippen LogP contribution in [0.5, 0.6) is 5.75 Å². The molecule has 51 heteroatoms. The third-order valence-corrected chi connectivity index (χ3v) is 23.6. The second kappa shape index (κ2) is 62.8. The van der Waals surface area contributed by atoms with Crippen LogP contribution in [-0.2, 0) is 101 Å². The molecule has 16 amide bonds. The number of carboxylic acid groups (broad SMARTS) is 1. The molecular formula is C90H140N30O19S2. The minimum absolute atomic E-state index is 0.0110. The maximum atomic E-state index is 15.5. The van der Waals surface area contributed by atoms with Crippen LogP contribution < -0.4 is 136 Å². The van der Waals surface area contributed by atoms with Gasteiger partial charge in [0.05, 0.1) is 18.5 Å². The van der Waals surface area contributed by atoms with Crippen molar-refractivity contribution in [1.29, 1.82) is 16.2 Å². The Bertz CT molecular complexity index is 5050. The van der Waals surface area contributed by atoms with Crippen LogP contribution in [0.15, 0.2) is 85.2 Å². The Hall–Kier alpha value is -14.1. The Morgan fingerprint density at radius 2 is 0.787 bits per heavy atom. The fourth-order valence-corrected chi connectivity index (χ4v) is 15.9. The zero-order valence-corrected chi connectivity index (χ0v) is 81.5. The molecule has 0 aliphatic heterocycles. The zero-order valence-electron chi connectivity index (χ0n) is 79.9. The minimum atomic E-state index is -1.77. The van der Waals surface area contributed by atoms with Gasteiger partial charge in [-0.2, -0.15) is 11.8 Å². The highest BCUT2D eigenvalue weighted by Gasteiger charge is 2.39. The number of carbonyl (C=O) groups excluding carboxylic acids is 16. The molecule has 0 aliphatic carbocycles. The van der Waals surface area contributed by atoms with Crippen molar-refractivity contribution in [3.63, 3.8) is 0 Å². The summed E-state index contributed by atoms with van der Waals surface area (Å²) in [6.07, 6.45) is 4.33. The van der Waals surface area contributed by atoms with Crippen LogP contribution in [0.3, 0.4) is 0 Å². The van der Waals surface area contributed by atoms with E-state index in [2.05, 4.69) is 106 Å². The second-order valence-electron chi connectivity index (χ2n) is 34.1. The van der Waals surface area contributed by atoms with E-state index < -0.39 is 217 Å². The summed E-state index contributed by atoms with van der Waals surface area (Å²) in [6.45, 7) is 5.24. The summed E-state index contributed by atoms with van der Waals surface area (Å²) in [4.78, 5) is 246. The van der Waals surface area contributed by atoms with E-state index in [4.69, 9.17) is 61.5 Å². The van der Waals surface area contributed by atoms with Crippen LogP contribution >= 0.6 is 23.5 Å². The molecule has 0 radical (unpaired) electrons. The van der Waals surface area contributed by atoms with Gasteiger partial charge in [0.25, 0.3) is 0 Å². The maximum absolute atomic E-state index is 15.5. The third-order valence-electron chi connectivity index (χ3n) is 22.1. The highest BCUT2D eigenvalue weighted by atomic mass is 32.2. The number of benzene rings is 3. The standard InChI is InChI=1S/C90H140N30O19S2/c1-49(2)39-67(116-87(139)71(47-141-48-108-51(4)121)120-81(133)61(22-10-12-33-91)111-76(128)58(93)19-14-35-101-88(95)96)85(137)114-64(25-16-37-103-90(99)100)80(132)119-70(42-54-44-105-60-21-9-7-18-57(54)60)86(138)115-65(30-31-72(94)123)82(134)118-69(41-53-43-104-59-20-8-6-17-56(53)59)84(136)109-50(3)75(127)110-66(32-38-140-5)83(135)113-63(24-15-36-102-89(97)98)78(130)112-62(23-11-13-34-92)79(131)117-68(40-52-26-28-55(122)29-27-52)77(129)107-45-73(124)106-46-74(125)126/h6-9,17-18,20-21,26-29,43-44,49-50,58,61-71,104-105,122H,10-16,19,22-25,30-42,45-48,91-93H2,1-5H3,(H2,94,123)(H,106,124)(H,107,129)(H,108,121)(H,109,136)(H,110,127)(H,111,128)(H,112,130)(H,113,135)(H,114,137)(H,115,138)(H,116,139)(H,117,131)(H,118,134)(H,119,132)(H,120,133)(H,125,126)(H4,95,96,101)(H4,97,98,102)(H4,99,100,103)/t50-,58-,61-,62-,63-,64-,65-,66-,67-,68-,69-,70-,71-/m0/s1. The average molecular weight is 2010 g/mol.